The van der Waals surface area contributed by atoms with Crippen LogP contribution in [-0.2, 0) is 16.0 Å². The van der Waals surface area contributed by atoms with Crippen LogP contribution in [0.15, 0.2) is 54.6 Å². The molecular formula is C28H35N3O3S. The summed E-state index contributed by atoms with van der Waals surface area (Å²) < 4.78 is -0.480. The normalized spacial score (nSPS) is 20.9. The average Bonchev–Trinajstić information content (AvgIpc) is 3.25. The third-order valence-electron chi connectivity index (χ3n) is 6.67. The summed E-state index contributed by atoms with van der Waals surface area (Å²) in [5, 5.41) is 5.83. The van der Waals surface area contributed by atoms with E-state index in [2.05, 4.69) is 22.8 Å². The Morgan fingerprint density at radius 2 is 1.74 bits per heavy atom. The molecule has 0 aromatic heterocycles. The fraction of sp³-hybridized carbons (Fsp3) is 0.464. The molecule has 3 atom stereocenters. The lowest BCUT2D eigenvalue weighted by Gasteiger charge is -2.31. The zero-order valence-electron chi connectivity index (χ0n) is 20.9. The van der Waals surface area contributed by atoms with Gasteiger partial charge in [0.25, 0.3) is 5.91 Å². The molecule has 1 fully saturated rings. The van der Waals surface area contributed by atoms with Crippen LogP contribution in [0.2, 0.25) is 0 Å². The van der Waals surface area contributed by atoms with Gasteiger partial charge in [0.05, 0.1) is 0 Å². The molecule has 6 nitrogen and oxygen atoms in total. The summed E-state index contributed by atoms with van der Waals surface area (Å²) in [6, 6.07) is 16.4. The van der Waals surface area contributed by atoms with Crippen molar-refractivity contribution in [3.8, 4) is 0 Å². The Morgan fingerprint density at radius 3 is 2.46 bits per heavy atom. The van der Waals surface area contributed by atoms with Gasteiger partial charge in [-0.2, -0.15) is 0 Å². The Balaban J connectivity index is 1.42. The first-order valence-electron chi connectivity index (χ1n) is 12.4. The van der Waals surface area contributed by atoms with Gasteiger partial charge in [0.1, 0.15) is 17.5 Å². The number of thioether (sulfide) groups is 1. The topological polar surface area (TPSA) is 78.5 Å². The molecule has 0 spiro atoms. The van der Waals surface area contributed by atoms with E-state index in [4.69, 9.17) is 0 Å². The summed E-state index contributed by atoms with van der Waals surface area (Å²) in [4.78, 5) is 41.6. The lowest BCUT2D eigenvalue weighted by molar-refractivity contribution is -0.132. The van der Waals surface area contributed by atoms with Crippen LogP contribution in [0.1, 0.15) is 67.4 Å². The minimum absolute atomic E-state index is 0.116. The Kier molecular flexibility index (Phi) is 7.55. The average molecular weight is 494 g/mol. The summed E-state index contributed by atoms with van der Waals surface area (Å²) in [6.45, 7) is 8.61. The van der Waals surface area contributed by atoms with Gasteiger partial charge in [0.2, 0.25) is 11.8 Å². The van der Waals surface area contributed by atoms with Gasteiger partial charge in [-0.3, -0.25) is 14.4 Å². The summed E-state index contributed by atoms with van der Waals surface area (Å²) in [5.41, 5.74) is 2.86. The zero-order valence-corrected chi connectivity index (χ0v) is 21.7. The molecule has 0 aliphatic carbocycles. The molecule has 35 heavy (non-hydrogen) atoms. The smallest absolute Gasteiger partial charge is 0.256 e. The van der Waals surface area contributed by atoms with Crippen molar-refractivity contribution in [1.29, 1.82) is 0 Å². The van der Waals surface area contributed by atoms with Gasteiger partial charge in [-0.05, 0) is 56.2 Å². The number of benzene rings is 2. The summed E-state index contributed by atoms with van der Waals surface area (Å²) in [5.74, 6) is -0.325. The predicted molar refractivity (Wildman–Crippen MR) is 140 cm³/mol. The van der Waals surface area contributed by atoms with Crippen LogP contribution in [0.4, 0.5) is 0 Å². The summed E-state index contributed by atoms with van der Waals surface area (Å²) >= 11 is 1.63. The van der Waals surface area contributed by atoms with E-state index in [0.29, 0.717) is 18.5 Å². The molecule has 4 rings (SSSR count). The van der Waals surface area contributed by atoms with E-state index in [0.717, 1.165) is 18.4 Å². The number of amides is 3. The monoisotopic (exact) mass is 493 g/mol. The van der Waals surface area contributed by atoms with Crippen LogP contribution in [0.25, 0.3) is 0 Å². The van der Waals surface area contributed by atoms with Gasteiger partial charge in [-0.15, -0.1) is 11.8 Å². The molecule has 0 saturated carbocycles. The van der Waals surface area contributed by atoms with E-state index < -0.39 is 16.8 Å². The van der Waals surface area contributed by atoms with Crippen LogP contribution >= 0.6 is 11.8 Å². The highest BCUT2D eigenvalue weighted by molar-refractivity contribution is 8.01. The second kappa shape index (κ2) is 10.4. The molecule has 2 N–H and O–H groups in total. The fourth-order valence-corrected chi connectivity index (χ4v) is 6.62. The first-order valence-corrected chi connectivity index (χ1v) is 13.3. The maximum atomic E-state index is 13.6. The third-order valence-corrected chi connectivity index (χ3v) is 8.20. The number of hydrogen-bond donors (Lipinski definition) is 2. The van der Waals surface area contributed by atoms with Crippen LogP contribution in [0.5, 0.6) is 0 Å². The van der Waals surface area contributed by atoms with Crippen molar-refractivity contribution < 1.29 is 14.4 Å². The van der Waals surface area contributed by atoms with Gasteiger partial charge in [-0.1, -0.05) is 62.4 Å². The van der Waals surface area contributed by atoms with E-state index in [9.17, 15) is 14.4 Å². The van der Waals surface area contributed by atoms with E-state index in [1.165, 1.54) is 5.56 Å². The predicted octanol–water partition coefficient (Wildman–Crippen LogP) is 4.31. The number of carbonyl (C=O) groups is 3. The Bertz CT molecular complexity index is 1090. The van der Waals surface area contributed by atoms with Gasteiger partial charge in [-0.25, -0.2) is 0 Å². The Morgan fingerprint density at radius 1 is 1.06 bits per heavy atom. The second-order valence-electron chi connectivity index (χ2n) is 10.3. The highest BCUT2D eigenvalue weighted by atomic mass is 32.2. The second-order valence-corrected chi connectivity index (χ2v) is 12.1. The molecule has 186 valence electrons. The number of carbonyl (C=O) groups excluding carboxylic acids is 3. The van der Waals surface area contributed by atoms with E-state index >= 15 is 0 Å². The Labute approximate surface area is 212 Å². The van der Waals surface area contributed by atoms with Crippen molar-refractivity contribution >= 4 is 29.5 Å². The molecule has 3 amide bonds. The molecule has 2 aliphatic heterocycles. The largest absolute Gasteiger partial charge is 0.354 e. The number of hydrogen-bond acceptors (Lipinski definition) is 4. The van der Waals surface area contributed by atoms with Crippen molar-refractivity contribution in [1.82, 2.24) is 15.5 Å². The number of nitrogens with zero attached hydrogens (tertiary/aromatic N) is 1. The molecule has 1 saturated heterocycles. The van der Waals surface area contributed by atoms with E-state index in [1.54, 1.807) is 16.7 Å². The number of fused-ring (bicyclic) bond motifs is 3. The highest BCUT2D eigenvalue weighted by Gasteiger charge is 2.57. The van der Waals surface area contributed by atoms with E-state index in [-0.39, 0.29) is 29.0 Å². The van der Waals surface area contributed by atoms with Crippen LogP contribution in [-0.4, -0.2) is 46.0 Å². The maximum absolute atomic E-state index is 13.6. The first-order chi connectivity index (χ1) is 16.7. The van der Waals surface area contributed by atoms with Gasteiger partial charge in [0, 0.05) is 16.9 Å². The lowest BCUT2D eigenvalue weighted by atomic mass is 9.98. The molecule has 7 heteroatoms. The first kappa shape index (κ1) is 25.3. The standard InChI is InChI=1S/C28H35N3O3S/c1-18(2)17-22(24(32)29-16-10-13-19-11-6-5-7-12-19)30-25(33)23-28(3,4)35-27-21-15-9-8-14-20(21)26(34)31(23)27/h5-9,11-12,14-15,18,22-23,27H,10,13,16-17H2,1-4H3,(H,29,32)(H,30,33). The van der Waals surface area contributed by atoms with Crippen LogP contribution in [0.3, 0.4) is 0 Å². The molecule has 2 aromatic rings. The van der Waals surface area contributed by atoms with Gasteiger partial charge < -0.3 is 15.5 Å². The van der Waals surface area contributed by atoms with Crippen molar-refractivity contribution in [3.63, 3.8) is 0 Å². The highest BCUT2D eigenvalue weighted by Crippen LogP contribution is 2.56. The van der Waals surface area contributed by atoms with E-state index in [1.807, 2.05) is 70.2 Å². The minimum Gasteiger partial charge on any atom is -0.354 e. The molecule has 0 bridgehead atoms. The zero-order chi connectivity index (χ0) is 25.2. The molecule has 2 aliphatic rings. The SMILES string of the molecule is CC(C)CC(NC(=O)C1N2C(=O)c3ccccc3C2SC1(C)C)C(=O)NCCCc1ccccc1. The van der Waals surface area contributed by atoms with Crippen molar-refractivity contribution in [2.75, 3.05) is 6.54 Å². The van der Waals surface area contributed by atoms with Crippen molar-refractivity contribution in [2.24, 2.45) is 5.92 Å². The van der Waals surface area contributed by atoms with Gasteiger partial charge in [0.15, 0.2) is 0 Å². The third kappa shape index (κ3) is 5.40. The molecule has 2 aromatic carbocycles. The summed E-state index contributed by atoms with van der Waals surface area (Å²) in [6.07, 6.45) is 2.25. The minimum atomic E-state index is -0.655. The van der Waals surface area contributed by atoms with Crippen molar-refractivity contribution in [2.45, 2.75) is 69.2 Å². The molecular weight excluding hydrogens is 458 g/mol. The molecule has 3 unspecified atom stereocenters. The lowest BCUT2D eigenvalue weighted by Crippen LogP contribution is -2.57. The number of nitrogens with one attached hydrogen (secondary N) is 2. The quantitative estimate of drug-likeness (QED) is 0.510. The van der Waals surface area contributed by atoms with Crippen LogP contribution in [0, 0.1) is 5.92 Å². The number of rotatable bonds is 9. The Hall–Kier alpha value is -2.80. The van der Waals surface area contributed by atoms with Crippen LogP contribution < -0.4 is 10.6 Å². The fourth-order valence-electron chi connectivity index (χ4n) is 5.03. The van der Waals surface area contributed by atoms with Gasteiger partial charge >= 0.3 is 0 Å². The summed E-state index contributed by atoms with van der Waals surface area (Å²) in [7, 11) is 0. The number of aryl methyl sites for hydroxylation is 1. The maximum Gasteiger partial charge on any atom is 0.256 e. The molecule has 2 heterocycles. The molecule has 0 radical (unpaired) electrons. The van der Waals surface area contributed by atoms with Crippen molar-refractivity contribution in [3.05, 3.63) is 71.3 Å².